The monoisotopic (exact) mass is 302 g/mol. The largest absolute Gasteiger partial charge is 0.399 e. The molecule has 0 aromatic heterocycles. The molecule has 0 amide bonds. The molecule has 0 unspecified atom stereocenters. The lowest BCUT2D eigenvalue weighted by Crippen LogP contribution is -2.66. The van der Waals surface area contributed by atoms with Crippen LogP contribution in [-0.2, 0) is 4.43 Å². The van der Waals surface area contributed by atoms with E-state index < -0.39 is 8.32 Å². The SMILES string of the molecule is CC(C)(C)[Si](OCS)(c1ccccc1)c1ccccc1. The van der Waals surface area contributed by atoms with Crippen molar-refractivity contribution in [1.82, 2.24) is 0 Å². The number of rotatable bonds is 4. The molecule has 3 heteroatoms. The van der Waals surface area contributed by atoms with Crippen LogP contribution < -0.4 is 10.4 Å². The lowest BCUT2D eigenvalue weighted by atomic mass is 10.2. The van der Waals surface area contributed by atoms with Crippen molar-refractivity contribution in [1.29, 1.82) is 0 Å². The Labute approximate surface area is 128 Å². The highest BCUT2D eigenvalue weighted by atomic mass is 32.1. The van der Waals surface area contributed by atoms with Crippen molar-refractivity contribution in [2.45, 2.75) is 25.8 Å². The van der Waals surface area contributed by atoms with Crippen LogP contribution in [0.25, 0.3) is 0 Å². The summed E-state index contributed by atoms with van der Waals surface area (Å²) in [7, 11) is -2.33. The van der Waals surface area contributed by atoms with Crippen LogP contribution >= 0.6 is 12.6 Å². The van der Waals surface area contributed by atoms with Gasteiger partial charge in [0.05, 0.1) is 5.94 Å². The van der Waals surface area contributed by atoms with Gasteiger partial charge < -0.3 is 4.43 Å². The second-order valence-corrected chi connectivity index (χ2v) is 10.5. The molecule has 2 rings (SSSR count). The summed E-state index contributed by atoms with van der Waals surface area (Å²) in [5, 5.41) is 2.64. The minimum Gasteiger partial charge on any atom is -0.399 e. The van der Waals surface area contributed by atoms with E-state index in [9.17, 15) is 0 Å². The van der Waals surface area contributed by atoms with Gasteiger partial charge in [0.15, 0.2) is 0 Å². The fourth-order valence-corrected chi connectivity index (χ4v) is 7.79. The van der Waals surface area contributed by atoms with Gasteiger partial charge >= 0.3 is 0 Å². The Hall–Kier alpha value is -1.03. The van der Waals surface area contributed by atoms with Gasteiger partial charge in [0.2, 0.25) is 0 Å². The number of hydrogen-bond donors (Lipinski definition) is 1. The molecule has 0 bridgehead atoms. The molecule has 0 saturated heterocycles. The van der Waals surface area contributed by atoms with Crippen LogP contribution in [0.15, 0.2) is 60.7 Å². The minimum atomic E-state index is -2.33. The van der Waals surface area contributed by atoms with E-state index >= 15 is 0 Å². The first-order valence-corrected chi connectivity index (χ1v) is 9.42. The average Bonchev–Trinajstić information content (AvgIpc) is 2.45. The van der Waals surface area contributed by atoms with Crippen molar-refractivity contribution in [3.63, 3.8) is 0 Å². The summed E-state index contributed by atoms with van der Waals surface area (Å²) in [6, 6.07) is 21.2. The topological polar surface area (TPSA) is 9.23 Å². The summed E-state index contributed by atoms with van der Waals surface area (Å²) < 4.78 is 6.37. The standard InChI is InChI=1S/C17H22OSSi/c1-17(2,3)20(18-14-19,15-10-6-4-7-11-15)16-12-8-5-9-13-16/h4-13,19H,14H2,1-3H3. The molecule has 0 fully saturated rings. The van der Waals surface area contributed by atoms with Gasteiger partial charge in [-0.15, -0.1) is 0 Å². The number of thiol groups is 1. The van der Waals surface area contributed by atoms with E-state index in [1.807, 2.05) is 0 Å². The Bertz CT molecular complexity index is 494. The minimum absolute atomic E-state index is 0.0401. The third-order valence-corrected chi connectivity index (χ3v) is 9.05. The van der Waals surface area contributed by atoms with Crippen molar-refractivity contribution in [2.24, 2.45) is 0 Å². The quantitative estimate of drug-likeness (QED) is 0.517. The zero-order valence-electron chi connectivity index (χ0n) is 12.3. The predicted octanol–water partition coefficient (Wildman–Crippen LogP) is 3.45. The molecule has 2 aromatic rings. The average molecular weight is 303 g/mol. The van der Waals surface area contributed by atoms with Crippen molar-refractivity contribution >= 4 is 31.3 Å². The number of benzene rings is 2. The molecule has 1 nitrogen and oxygen atoms in total. The van der Waals surface area contributed by atoms with E-state index in [0.29, 0.717) is 5.94 Å². The normalized spacial score (nSPS) is 12.4. The van der Waals surface area contributed by atoms with Gasteiger partial charge in [-0.2, -0.15) is 12.6 Å². The van der Waals surface area contributed by atoms with E-state index in [4.69, 9.17) is 4.43 Å². The molecule has 0 radical (unpaired) electrons. The highest BCUT2D eigenvalue weighted by Gasteiger charge is 2.49. The van der Waals surface area contributed by atoms with Gasteiger partial charge in [-0.05, 0) is 15.4 Å². The zero-order chi connectivity index (χ0) is 14.6. The fourth-order valence-electron chi connectivity index (χ4n) is 2.86. The van der Waals surface area contributed by atoms with Gasteiger partial charge in [0.1, 0.15) is 0 Å². The molecule has 0 saturated carbocycles. The van der Waals surface area contributed by atoms with Crippen molar-refractivity contribution in [3.05, 3.63) is 60.7 Å². The molecule has 0 aliphatic heterocycles. The molecule has 0 spiro atoms. The smallest absolute Gasteiger partial charge is 0.262 e. The maximum atomic E-state index is 6.37. The molecule has 0 N–H and O–H groups in total. The van der Waals surface area contributed by atoms with Crippen LogP contribution in [0.4, 0.5) is 0 Å². The van der Waals surface area contributed by atoms with Gasteiger partial charge in [-0.25, -0.2) is 0 Å². The van der Waals surface area contributed by atoms with E-state index in [0.717, 1.165) is 0 Å². The molecule has 0 heterocycles. The Balaban J connectivity index is 2.70. The first-order chi connectivity index (χ1) is 9.52. The summed E-state index contributed by atoms with van der Waals surface area (Å²) in [6.45, 7) is 6.80. The predicted molar refractivity (Wildman–Crippen MR) is 92.6 cm³/mol. The van der Waals surface area contributed by atoms with Crippen LogP contribution in [0.3, 0.4) is 0 Å². The van der Waals surface area contributed by atoms with Gasteiger partial charge in [-0.1, -0.05) is 81.4 Å². The molecule has 106 valence electrons. The van der Waals surface area contributed by atoms with E-state index in [2.05, 4.69) is 94.1 Å². The second-order valence-electron chi connectivity index (χ2n) is 5.94. The fraction of sp³-hybridized carbons (Fsp3) is 0.294. The van der Waals surface area contributed by atoms with Gasteiger partial charge in [-0.3, -0.25) is 0 Å². The van der Waals surface area contributed by atoms with Crippen LogP contribution in [0.5, 0.6) is 0 Å². The molecule has 20 heavy (non-hydrogen) atoms. The number of hydrogen-bond acceptors (Lipinski definition) is 2. The summed E-state index contributed by atoms with van der Waals surface area (Å²) >= 11 is 4.36. The van der Waals surface area contributed by atoms with Crippen molar-refractivity contribution < 1.29 is 4.43 Å². The Morgan fingerprint density at radius 1 is 0.850 bits per heavy atom. The second kappa shape index (κ2) is 6.16. The van der Waals surface area contributed by atoms with Gasteiger partial charge in [0.25, 0.3) is 8.32 Å². The zero-order valence-corrected chi connectivity index (χ0v) is 14.2. The molecule has 0 aliphatic carbocycles. The lowest BCUT2D eigenvalue weighted by Gasteiger charge is -2.42. The van der Waals surface area contributed by atoms with Crippen LogP contribution in [0, 0.1) is 0 Å². The highest BCUT2D eigenvalue weighted by molar-refractivity contribution is 7.80. The van der Waals surface area contributed by atoms with Crippen LogP contribution in [0.2, 0.25) is 5.04 Å². The molecule has 0 aliphatic rings. The third kappa shape index (κ3) is 2.71. The third-order valence-electron chi connectivity index (χ3n) is 3.70. The van der Waals surface area contributed by atoms with E-state index in [-0.39, 0.29) is 5.04 Å². The van der Waals surface area contributed by atoms with Gasteiger partial charge in [0, 0.05) is 0 Å². The molecular formula is C17H22OSSi. The first-order valence-electron chi connectivity index (χ1n) is 6.88. The Morgan fingerprint density at radius 2 is 1.25 bits per heavy atom. The van der Waals surface area contributed by atoms with E-state index in [1.54, 1.807) is 0 Å². The van der Waals surface area contributed by atoms with Crippen LogP contribution in [0.1, 0.15) is 20.8 Å². The molecular weight excluding hydrogens is 280 g/mol. The first kappa shape index (κ1) is 15.4. The van der Waals surface area contributed by atoms with Crippen molar-refractivity contribution in [2.75, 3.05) is 5.94 Å². The maximum absolute atomic E-state index is 6.37. The Kier molecular flexibility index (Phi) is 4.73. The Morgan fingerprint density at radius 3 is 1.55 bits per heavy atom. The maximum Gasteiger partial charge on any atom is 0.262 e. The summed E-state index contributed by atoms with van der Waals surface area (Å²) in [6.07, 6.45) is 0. The summed E-state index contributed by atoms with van der Waals surface area (Å²) in [5.74, 6) is 0.438. The summed E-state index contributed by atoms with van der Waals surface area (Å²) in [4.78, 5) is 0. The van der Waals surface area contributed by atoms with Crippen molar-refractivity contribution in [3.8, 4) is 0 Å². The van der Waals surface area contributed by atoms with E-state index in [1.165, 1.54) is 10.4 Å². The molecule has 0 atom stereocenters. The molecule has 2 aromatic carbocycles. The lowest BCUT2D eigenvalue weighted by molar-refractivity contribution is 0.368. The highest BCUT2D eigenvalue weighted by Crippen LogP contribution is 2.36. The van der Waals surface area contributed by atoms with Crippen LogP contribution in [-0.4, -0.2) is 14.3 Å². The summed E-state index contributed by atoms with van der Waals surface area (Å²) in [5.41, 5.74) is 0.